The van der Waals surface area contributed by atoms with Crippen molar-refractivity contribution in [3.63, 3.8) is 0 Å². The molecular weight excluding hydrogens is 330 g/mol. The van der Waals surface area contributed by atoms with Gasteiger partial charge in [-0.1, -0.05) is 29.8 Å². The van der Waals surface area contributed by atoms with Gasteiger partial charge in [0.2, 0.25) is 0 Å². The lowest BCUT2D eigenvalue weighted by Crippen LogP contribution is -2.31. The van der Waals surface area contributed by atoms with Crippen molar-refractivity contribution in [2.75, 3.05) is 6.61 Å². The second-order valence-corrected chi connectivity index (χ2v) is 6.45. The standard InChI is InChI=1S/C18H18ClNO4/c1-9(2)24-18(22)14-10(3)20-13-8-23-17(21)16(13)15(14)11-6-4-5-7-12(11)19/h4-7,9,15,20H,8H2,1-3H3. The molecule has 6 heteroatoms. The van der Waals surface area contributed by atoms with E-state index in [0.717, 1.165) is 0 Å². The van der Waals surface area contributed by atoms with Crippen LogP contribution in [0.2, 0.25) is 5.02 Å². The Morgan fingerprint density at radius 3 is 2.75 bits per heavy atom. The first kappa shape index (κ1) is 16.6. The molecule has 0 fully saturated rings. The van der Waals surface area contributed by atoms with Crippen LogP contribution < -0.4 is 5.32 Å². The average Bonchev–Trinajstić information content (AvgIpc) is 2.86. The number of nitrogens with one attached hydrogen (secondary N) is 1. The van der Waals surface area contributed by atoms with E-state index in [1.807, 2.05) is 12.1 Å². The van der Waals surface area contributed by atoms with Crippen molar-refractivity contribution in [3.8, 4) is 0 Å². The third kappa shape index (κ3) is 2.80. The number of ether oxygens (including phenoxy) is 2. The van der Waals surface area contributed by atoms with E-state index in [1.54, 1.807) is 32.9 Å². The number of rotatable bonds is 3. The van der Waals surface area contributed by atoms with Crippen molar-refractivity contribution < 1.29 is 19.1 Å². The molecule has 0 saturated heterocycles. The lowest BCUT2D eigenvalue weighted by Gasteiger charge is -2.28. The van der Waals surface area contributed by atoms with E-state index < -0.39 is 17.9 Å². The SMILES string of the molecule is CC1=C(C(=O)OC(C)C)C(c2ccccc2Cl)C2=C(COC2=O)N1. The van der Waals surface area contributed by atoms with Crippen LogP contribution >= 0.6 is 11.6 Å². The monoisotopic (exact) mass is 347 g/mol. The lowest BCUT2D eigenvalue weighted by molar-refractivity contribution is -0.143. The molecular formula is C18H18ClNO4. The highest BCUT2D eigenvalue weighted by atomic mass is 35.5. The van der Waals surface area contributed by atoms with Crippen molar-refractivity contribution in [3.05, 3.63) is 57.4 Å². The van der Waals surface area contributed by atoms with Gasteiger partial charge in [-0.05, 0) is 32.4 Å². The zero-order valence-electron chi connectivity index (χ0n) is 13.7. The molecule has 1 N–H and O–H groups in total. The van der Waals surface area contributed by atoms with Crippen LogP contribution in [0.15, 0.2) is 46.8 Å². The molecule has 0 saturated carbocycles. The highest BCUT2D eigenvalue weighted by Gasteiger charge is 2.42. The van der Waals surface area contributed by atoms with E-state index in [0.29, 0.717) is 33.1 Å². The first-order valence-corrected chi connectivity index (χ1v) is 8.11. The van der Waals surface area contributed by atoms with Gasteiger partial charge in [0.15, 0.2) is 0 Å². The van der Waals surface area contributed by atoms with E-state index >= 15 is 0 Å². The highest BCUT2D eigenvalue weighted by molar-refractivity contribution is 6.31. The van der Waals surface area contributed by atoms with Gasteiger partial charge < -0.3 is 14.8 Å². The Morgan fingerprint density at radius 1 is 1.38 bits per heavy atom. The molecule has 2 aliphatic heterocycles. The molecule has 24 heavy (non-hydrogen) atoms. The Bertz CT molecular complexity index is 779. The minimum atomic E-state index is -0.601. The maximum Gasteiger partial charge on any atom is 0.337 e. The van der Waals surface area contributed by atoms with Crippen LogP contribution in [0.25, 0.3) is 0 Å². The number of cyclic esters (lactones) is 1. The van der Waals surface area contributed by atoms with Gasteiger partial charge in [0.05, 0.1) is 28.9 Å². The summed E-state index contributed by atoms with van der Waals surface area (Å²) >= 11 is 6.35. The first-order valence-electron chi connectivity index (χ1n) is 7.73. The fourth-order valence-electron chi connectivity index (χ4n) is 3.04. The molecule has 0 amide bonds. The third-order valence-electron chi connectivity index (χ3n) is 3.99. The Labute approximate surface area is 145 Å². The van der Waals surface area contributed by atoms with E-state index in [9.17, 15) is 9.59 Å². The average molecular weight is 348 g/mol. The number of hydrogen-bond donors (Lipinski definition) is 1. The smallest absolute Gasteiger partial charge is 0.337 e. The molecule has 1 atom stereocenters. The number of halogens is 1. The molecule has 2 heterocycles. The summed E-state index contributed by atoms with van der Waals surface area (Å²) in [6, 6.07) is 7.17. The van der Waals surface area contributed by atoms with Crippen LogP contribution in [-0.2, 0) is 19.1 Å². The predicted molar refractivity (Wildman–Crippen MR) is 89.2 cm³/mol. The molecule has 3 rings (SSSR count). The highest BCUT2D eigenvalue weighted by Crippen LogP contribution is 2.43. The third-order valence-corrected chi connectivity index (χ3v) is 4.34. The van der Waals surface area contributed by atoms with Crippen molar-refractivity contribution >= 4 is 23.5 Å². The summed E-state index contributed by atoms with van der Waals surface area (Å²) < 4.78 is 10.5. The van der Waals surface area contributed by atoms with Crippen molar-refractivity contribution in [1.82, 2.24) is 5.32 Å². The van der Waals surface area contributed by atoms with Crippen LogP contribution in [0.3, 0.4) is 0 Å². The molecule has 0 aromatic heterocycles. The summed E-state index contributed by atoms with van der Waals surface area (Å²) in [6.07, 6.45) is -0.268. The topological polar surface area (TPSA) is 64.6 Å². The molecule has 0 radical (unpaired) electrons. The van der Waals surface area contributed by atoms with E-state index in [-0.39, 0.29) is 12.7 Å². The summed E-state index contributed by atoms with van der Waals surface area (Å²) in [7, 11) is 0. The van der Waals surface area contributed by atoms with Crippen LogP contribution in [0.4, 0.5) is 0 Å². The number of hydrogen-bond acceptors (Lipinski definition) is 5. The van der Waals surface area contributed by atoms with Crippen LogP contribution in [0.1, 0.15) is 32.3 Å². The van der Waals surface area contributed by atoms with Gasteiger partial charge in [0.1, 0.15) is 6.61 Å². The van der Waals surface area contributed by atoms with E-state index in [1.165, 1.54) is 0 Å². The fraction of sp³-hybridized carbons (Fsp3) is 0.333. The van der Waals surface area contributed by atoms with Gasteiger partial charge in [-0.15, -0.1) is 0 Å². The van der Waals surface area contributed by atoms with Gasteiger partial charge in [-0.2, -0.15) is 0 Å². The summed E-state index contributed by atoms with van der Waals surface area (Å²) in [5, 5.41) is 3.59. The number of esters is 2. The zero-order chi connectivity index (χ0) is 17.4. The van der Waals surface area contributed by atoms with E-state index in [2.05, 4.69) is 5.32 Å². The van der Waals surface area contributed by atoms with Gasteiger partial charge in [-0.3, -0.25) is 0 Å². The number of dihydropyridines is 1. The number of carbonyl (C=O) groups excluding carboxylic acids is 2. The molecule has 1 aromatic rings. The molecule has 1 unspecified atom stereocenters. The van der Waals surface area contributed by atoms with Gasteiger partial charge >= 0.3 is 11.9 Å². The van der Waals surface area contributed by atoms with Crippen molar-refractivity contribution in [2.24, 2.45) is 0 Å². The molecule has 1 aromatic carbocycles. The Hall–Kier alpha value is -2.27. The normalized spacial score (nSPS) is 20.0. The molecule has 0 spiro atoms. The molecule has 126 valence electrons. The van der Waals surface area contributed by atoms with Crippen LogP contribution in [0.5, 0.6) is 0 Å². The quantitative estimate of drug-likeness (QED) is 0.851. The second kappa shape index (κ2) is 6.32. The fourth-order valence-corrected chi connectivity index (χ4v) is 3.28. The molecule has 5 nitrogen and oxygen atoms in total. The molecule has 2 aliphatic rings. The zero-order valence-corrected chi connectivity index (χ0v) is 14.4. The number of allylic oxidation sites excluding steroid dienone is 1. The summed E-state index contributed by atoms with van der Waals surface area (Å²) in [4.78, 5) is 24.9. The minimum absolute atomic E-state index is 0.166. The largest absolute Gasteiger partial charge is 0.460 e. The maximum atomic E-state index is 12.7. The van der Waals surface area contributed by atoms with Crippen LogP contribution in [-0.4, -0.2) is 24.6 Å². The Balaban J connectivity index is 2.15. The predicted octanol–water partition coefficient (Wildman–Crippen LogP) is 3.06. The van der Waals surface area contributed by atoms with Crippen molar-refractivity contribution in [1.29, 1.82) is 0 Å². The van der Waals surface area contributed by atoms with Crippen LogP contribution in [0, 0.1) is 0 Å². The molecule has 0 bridgehead atoms. The van der Waals surface area contributed by atoms with Gasteiger partial charge in [0, 0.05) is 10.7 Å². The minimum Gasteiger partial charge on any atom is -0.460 e. The van der Waals surface area contributed by atoms with Crippen molar-refractivity contribution in [2.45, 2.75) is 32.8 Å². The maximum absolute atomic E-state index is 12.7. The Morgan fingerprint density at radius 2 is 2.08 bits per heavy atom. The summed E-state index contributed by atoms with van der Waals surface area (Å²) in [5.74, 6) is -1.51. The number of carbonyl (C=O) groups is 2. The summed E-state index contributed by atoms with van der Waals surface area (Å²) in [5.41, 5.74) is 2.80. The van der Waals surface area contributed by atoms with Gasteiger partial charge in [-0.25, -0.2) is 9.59 Å². The van der Waals surface area contributed by atoms with Gasteiger partial charge in [0.25, 0.3) is 0 Å². The van der Waals surface area contributed by atoms with E-state index in [4.69, 9.17) is 21.1 Å². The lowest BCUT2D eigenvalue weighted by atomic mass is 9.81. The second-order valence-electron chi connectivity index (χ2n) is 6.04. The Kier molecular flexibility index (Phi) is 4.37. The summed E-state index contributed by atoms with van der Waals surface area (Å²) in [6.45, 7) is 5.51. The first-order chi connectivity index (χ1) is 11.4. The number of benzene rings is 1. The molecule has 0 aliphatic carbocycles.